The molecule has 140 valence electrons. The van der Waals surface area contributed by atoms with Gasteiger partial charge in [-0.1, -0.05) is 48.5 Å². The fraction of sp³-hybridized carbons (Fsp3) is 0.0870. The van der Waals surface area contributed by atoms with Crippen molar-refractivity contribution in [3.8, 4) is 34.5 Å². The normalized spacial score (nSPS) is 10.6. The van der Waals surface area contributed by atoms with Gasteiger partial charge in [0.05, 0.1) is 11.3 Å². The monoisotopic (exact) mass is 372 g/mol. The Balaban J connectivity index is 1.51. The Morgan fingerprint density at radius 2 is 1.61 bits per heavy atom. The van der Waals surface area contributed by atoms with Gasteiger partial charge in [0.1, 0.15) is 29.7 Å². The van der Waals surface area contributed by atoms with Crippen LogP contribution < -0.4 is 9.47 Å². The summed E-state index contributed by atoms with van der Waals surface area (Å²) in [5.74, 6) is 2.40. The van der Waals surface area contributed by atoms with Crippen LogP contribution in [0.1, 0.15) is 11.3 Å². The summed E-state index contributed by atoms with van der Waals surface area (Å²) in [6.07, 6.45) is 0. The van der Waals surface area contributed by atoms with E-state index in [4.69, 9.17) is 9.47 Å². The molecule has 2 N–H and O–H groups in total. The zero-order chi connectivity index (χ0) is 19.3. The van der Waals surface area contributed by atoms with Crippen LogP contribution in [0.15, 0.2) is 78.9 Å². The summed E-state index contributed by atoms with van der Waals surface area (Å²) in [6.45, 7) is 2.32. The van der Waals surface area contributed by atoms with Crippen LogP contribution in [0.5, 0.6) is 23.1 Å². The lowest BCUT2D eigenvalue weighted by molar-refractivity contribution is 0.304. The van der Waals surface area contributed by atoms with Crippen LogP contribution >= 0.6 is 0 Å². The number of phenolic OH excluding ortho intramolecular Hbond substituents is 1. The lowest BCUT2D eigenvalue weighted by Gasteiger charge is -2.08. The molecule has 1 aromatic heterocycles. The van der Waals surface area contributed by atoms with Crippen LogP contribution in [0.4, 0.5) is 0 Å². The van der Waals surface area contributed by atoms with E-state index in [1.165, 1.54) is 0 Å². The maximum Gasteiger partial charge on any atom is 0.240 e. The van der Waals surface area contributed by atoms with E-state index in [1.807, 2.05) is 73.7 Å². The summed E-state index contributed by atoms with van der Waals surface area (Å²) in [5.41, 5.74) is 2.43. The third-order valence-electron chi connectivity index (χ3n) is 4.27. The molecule has 0 radical (unpaired) electrons. The van der Waals surface area contributed by atoms with Crippen LogP contribution in [-0.2, 0) is 6.61 Å². The highest BCUT2D eigenvalue weighted by atomic mass is 16.5. The highest BCUT2D eigenvalue weighted by Gasteiger charge is 2.14. The molecule has 0 aliphatic carbocycles. The van der Waals surface area contributed by atoms with E-state index in [0.717, 1.165) is 11.3 Å². The summed E-state index contributed by atoms with van der Waals surface area (Å²) < 4.78 is 11.6. The summed E-state index contributed by atoms with van der Waals surface area (Å²) in [5, 5.41) is 10.5. The second-order valence-corrected chi connectivity index (χ2v) is 6.38. The number of phenols is 1. The number of imidazole rings is 1. The van der Waals surface area contributed by atoms with Crippen molar-refractivity contribution >= 4 is 0 Å². The third kappa shape index (κ3) is 3.99. The third-order valence-corrected chi connectivity index (χ3v) is 4.27. The molecule has 28 heavy (non-hydrogen) atoms. The Morgan fingerprint density at radius 3 is 2.32 bits per heavy atom. The van der Waals surface area contributed by atoms with E-state index in [0.29, 0.717) is 35.4 Å². The van der Waals surface area contributed by atoms with Crippen LogP contribution in [0.3, 0.4) is 0 Å². The largest absolute Gasteiger partial charge is 0.507 e. The number of rotatable bonds is 6. The molecule has 4 aromatic rings. The Labute approximate surface area is 163 Å². The van der Waals surface area contributed by atoms with Crippen molar-refractivity contribution in [1.82, 2.24) is 9.97 Å². The number of nitrogens with one attached hydrogen (secondary N) is 1. The molecular weight excluding hydrogens is 352 g/mol. The Hall–Kier alpha value is -3.73. The number of aromatic nitrogens is 2. The number of para-hydroxylation sites is 1. The van der Waals surface area contributed by atoms with Gasteiger partial charge in [-0.25, -0.2) is 0 Å². The van der Waals surface area contributed by atoms with Crippen LogP contribution in [0, 0.1) is 6.92 Å². The molecule has 5 nitrogen and oxygen atoms in total. The molecule has 0 spiro atoms. The lowest BCUT2D eigenvalue weighted by atomic mass is 10.2. The molecule has 0 saturated heterocycles. The van der Waals surface area contributed by atoms with Gasteiger partial charge in [0.25, 0.3) is 0 Å². The first-order chi connectivity index (χ1) is 13.7. The Kier molecular flexibility index (Phi) is 4.97. The molecule has 3 aromatic carbocycles. The maximum absolute atomic E-state index is 10.5. The molecule has 0 bridgehead atoms. The number of aromatic hydroxyl groups is 1. The van der Waals surface area contributed by atoms with Gasteiger partial charge in [-0.05, 0) is 36.8 Å². The van der Waals surface area contributed by atoms with Crippen molar-refractivity contribution < 1.29 is 14.6 Å². The summed E-state index contributed by atoms with van der Waals surface area (Å²) in [6, 6.07) is 24.5. The van der Waals surface area contributed by atoms with Gasteiger partial charge >= 0.3 is 0 Å². The lowest BCUT2D eigenvalue weighted by Crippen LogP contribution is -1.95. The van der Waals surface area contributed by atoms with E-state index >= 15 is 0 Å². The Morgan fingerprint density at radius 1 is 0.893 bits per heavy atom. The first-order valence-corrected chi connectivity index (χ1v) is 8.98. The minimum Gasteiger partial charge on any atom is -0.507 e. The highest BCUT2D eigenvalue weighted by molar-refractivity contribution is 5.66. The number of benzene rings is 3. The average Bonchev–Trinajstić information content (AvgIpc) is 3.08. The van der Waals surface area contributed by atoms with Gasteiger partial charge in [0.2, 0.25) is 5.88 Å². The maximum atomic E-state index is 10.5. The smallest absolute Gasteiger partial charge is 0.240 e. The van der Waals surface area contributed by atoms with Gasteiger partial charge in [-0.2, -0.15) is 4.98 Å². The molecule has 5 heteroatoms. The van der Waals surface area contributed by atoms with Crippen LogP contribution in [0.25, 0.3) is 11.4 Å². The van der Waals surface area contributed by atoms with E-state index in [9.17, 15) is 5.11 Å². The molecule has 0 saturated carbocycles. The number of ether oxygens (including phenoxy) is 2. The predicted octanol–water partition coefficient (Wildman–Crippen LogP) is 5.46. The number of hydrogen-bond acceptors (Lipinski definition) is 4. The minimum atomic E-state index is 0.0885. The van der Waals surface area contributed by atoms with E-state index in [-0.39, 0.29) is 5.75 Å². The van der Waals surface area contributed by atoms with Crippen molar-refractivity contribution in [2.75, 3.05) is 0 Å². The van der Waals surface area contributed by atoms with Crippen molar-refractivity contribution in [2.24, 2.45) is 0 Å². The topological polar surface area (TPSA) is 67.4 Å². The first-order valence-electron chi connectivity index (χ1n) is 8.98. The van der Waals surface area contributed by atoms with Gasteiger partial charge < -0.3 is 19.6 Å². The van der Waals surface area contributed by atoms with E-state index < -0.39 is 0 Å². The molecule has 0 atom stereocenters. The SMILES string of the molecule is Cc1[nH]c(-c2ccc(OCc3ccccc3)cc2O)nc1Oc1ccccc1. The van der Waals surface area contributed by atoms with E-state index in [2.05, 4.69) is 9.97 Å². The van der Waals surface area contributed by atoms with Crippen molar-refractivity contribution in [2.45, 2.75) is 13.5 Å². The van der Waals surface area contributed by atoms with Crippen LogP contribution in [0.2, 0.25) is 0 Å². The average molecular weight is 372 g/mol. The van der Waals surface area contributed by atoms with Gasteiger partial charge in [0, 0.05) is 6.07 Å². The summed E-state index contributed by atoms with van der Waals surface area (Å²) in [4.78, 5) is 7.64. The molecule has 0 aliphatic heterocycles. The first kappa shape index (κ1) is 17.7. The zero-order valence-corrected chi connectivity index (χ0v) is 15.4. The number of aryl methyl sites for hydroxylation is 1. The van der Waals surface area contributed by atoms with Gasteiger partial charge in [0.15, 0.2) is 0 Å². The molecular formula is C23H20N2O3. The molecule has 0 aliphatic rings. The van der Waals surface area contributed by atoms with Crippen LogP contribution in [-0.4, -0.2) is 15.1 Å². The second-order valence-electron chi connectivity index (χ2n) is 6.38. The standard InChI is InChI=1S/C23H20N2O3/c1-16-23(28-18-10-6-3-7-11-18)25-22(24-16)20-13-12-19(14-21(20)26)27-15-17-8-4-2-5-9-17/h2-14,26H,15H2,1H3,(H,24,25). The number of H-pyrrole nitrogens is 1. The molecule has 0 fully saturated rings. The predicted molar refractivity (Wildman–Crippen MR) is 108 cm³/mol. The minimum absolute atomic E-state index is 0.0885. The molecule has 1 heterocycles. The summed E-state index contributed by atoms with van der Waals surface area (Å²) in [7, 11) is 0. The zero-order valence-electron chi connectivity index (χ0n) is 15.4. The highest BCUT2D eigenvalue weighted by Crippen LogP contribution is 2.34. The molecule has 4 rings (SSSR count). The van der Waals surface area contributed by atoms with Gasteiger partial charge in [-0.3, -0.25) is 0 Å². The fourth-order valence-electron chi connectivity index (χ4n) is 2.81. The number of hydrogen-bond donors (Lipinski definition) is 2. The Bertz CT molecular complexity index is 1060. The fourth-order valence-corrected chi connectivity index (χ4v) is 2.81. The van der Waals surface area contributed by atoms with Crippen molar-refractivity contribution in [3.63, 3.8) is 0 Å². The quantitative estimate of drug-likeness (QED) is 0.471. The number of nitrogens with zero attached hydrogens (tertiary/aromatic N) is 1. The van der Waals surface area contributed by atoms with Crippen molar-refractivity contribution in [3.05, 3.63) is 90.1 Å². The van der Waals surface area contributed by atoms with Crippen molar-refractivity contribution in [1.29, 1.82) is 0 Å². The molecule has 0 amide bonds. The molecule has 0 unspecified atom stereocenters. The summed E-state index contributed by atoms with van der Waals surface area (Å²) >= 11 is 0. The van der Waals surface area contributed by atoms with Gasteiger partial charge in [-0.15, -0.1) is 0 Å². The number of aromatic amines is 1. The van der Waals surface area contributed by atoms with E-state index in [1.54, 1.807) is 12.1 Å². The second kappa shape index (κ2) is 7.88.